The number of nitrogens with one attached hydrogen (secondary N) is 1. The number of imidazole rings is 1. The zero-order valence-corrected chi connectivity index (χ0v) is 17.3. The smallest absolute Gasteiger partial charge is 0.240 e. The number of aromatic nitrogens is 3. The molecule has 0 bridgehead atoms. The number of hydrogen-bond acceptors (Lipinski definition) is 5. The minimum absolute atomic E-state index is 0.0232. The second-order valence-electron chi connectivity index (χ2n) is 7.17. The number of hydrogen-bond donors (Lipinski definition) is 1. The van der Waals surface area contributed by atoms with Crippen molar-refractivity contribution >= 4 is 5.91 Å². The molecule has 2 aromatic rings. The van der Waals surface area contributed by atoms with Crippen LogP contribution in [0.5, 0.6) is 0 Å². The predicted octanol–water partition coefficient (Wildman–Crippen LogP) is 2.88. The molecule has 7 nitrogen and oxygen atoms in total. The van der Waals surface area contributed by atoms with Crippen molar-refractivity contribution in [2.24, 2.45) is 0 Å². The average molecular weight is 386 g/mol. The largest absolute Gasteiger partial charge is 0.380 e. The molecule has 1 saturated heterocycles. The highest BCUT2D eigenvalue weighted by Crippen LogP contribution is 2.34. The van der Waals surface area contributed by atoms with Crippen molar-refractivity contribution in [2.75, 3.05) is 26.7 Å². The summed E-state index contributed by atoms with van der Waals surface area (Å²) in [6, 6.07) is 3.68. The first kappa shape index (κ1) is 20.5. The highest BCUT2D eigenvalue weighted by Gasteiger charge is 2.40. The van der Waals surface area contributed by atoms with Crippen LogP contribution < -0.4 is 0 Å². The third-order valence-corrected chi connectivity index (χ3v) is 5.69. The van der Waals surface area contributed by atoms with Gasteiger partial charge in [-0.1, -0.05) is 20.8 Å². The third kappa shape index (κ3) is 4.10. The Kier molecular flexibility index (Phi) is 6.80. The molecule has 1 N–H and O–H groups in total. The van der Waals surface area contributed by atoms with Crippen molar-refractivity contribution in [3.63, 3.8) is 0 Å². The Morgan fingerprint density at radius 1 is 1.36 bits per heavy atom. The monoisotopic (exact) mass is 385 g/mol. The summed E-state index contributed by atoms with van der Waals surface area (Å²) < 4.78 is 5.60. The number of H-pyrrole nitrogens is 1. The molecule has 1 aliphatic rings. The summed E-state index contributed by atoms with van der Waals surface area (Å²) >= 11 is 0. The van der Waals surface area contributed by atoms with E-state index in [-0.39, 0.29) is 24.1 Å². The quantitative estimate of drug-likeness (QED) is 0.756. The highest BCUT2D eigenvalue weighted by molar-refractivity contribution is 5.82. The normalized spacial score (nSPS) is 20.7. The third-order valence-electron chi connectivity index (χ3n) is 5.69. The van der Waals surface area contributed by atoms with Gasteiger partial charge in [0.15, 0.2) is 0 Å². The highest BCUT2D eigenvalue weighted by atomic mass is 16.5. The Hall–Kier alpha value is -2.25. The van der Waals surface area contributed by atoms with Crippen LogP contribution in [0.3, 0.4) is 0 Å². The summed E-state index contributed by atoms with van der Waals surface area (Å²) in [6.07, 6.45) is 6.93. The molecular formula is C21H31N5O2. The van der Waals surface area contributed by atoms with E-state index in [1.54, 1.807) is 19.5 Å². The summed E-state index contributed by atoms with van der Waals surface area (Å²) in [5.74, 6) is 0.969. The van der Waals surface area contributed by atoms with Crippen LogP contribution in [-0.4, -0.2) is 69.5 Å². The first-order chi connectivity index (χ1) is 13.6. The van der Waals surface area contributed by atoms with Gasteiger partial charge in [-0.15, -0.1) is 0 Å². The van der Waals surface area contributed by atoms with Crippen LogP contribution in [0.15, 0.2) is 30.7 Å². The van der Waals surface area contributed by atoms with Crippen LogP contribution in [0.1, 0.15) is 45.5 Å². The van der Waals surface area contributed by atoms with Gasteiger partial charge in [-0.25, -0.2) is 4.98 Å². The molecule has 1 fully saturated rings. The summed E-state index contributed by atoms with van der Waals surface area (Å²) in [5, 5.41) is 0. The Morgan fingerprint density at radius 2 is 2.14 bits per heavy atom. The molecule has 28 heavy (non-hydrogen) atoms. The molecular weight excluding hydrogens is 354 g/mol. The predicted molar refractivity (Wildman–Crippen MR) is 109 cm³/mol. The maximum absolute atomic E-state index is 13.4. The summed E-state index contributed by atoms with van der Waals surface area (Å²) in [6.45, 7) is 8.60. The van der Waals surface area contributed by atoms with Crippen LogP contribution in [0.25, 0.3) is 11.3 Å². The Balaban J connectivity index is 1.86. The van der Waals surface area contributed by atoms with Gasteiger partial charge >= 0.3 is 0 Å². The van der Waals surface area contributed by atoms with Gasteiger partial charge in [-0.05, 0) is 31.6 Å². The number of nitrogens with zero attached hydrogens (tertiary/aromatic N) is 4. The zero-order chi connectivity index (χ0) is 20.1. The number of methoxy groups -OCH3 is 1. The summed E-state index contributed by atoms with van der Waals surface area (Å²) in [5.41, 5.74) is 1.89. The molecule has 0 unspecified atom stereocenters. The summed E-state index contributed by atoms with van der Waals surface area (Å²) in [4.78, 5) is 29.8. The molecule has 0 radical (unpaired) electrons. The van der Waals surface area contributed by atoms with E-state index in [0.717, 1.165) is 43.0 Å². The van der Waals surface area contributed by atoms with Gasteiger partial charge in [0.1, 0.15) is 5.82 Å². The van der Waals surface area contributed by atoms with E-state index in [2.05, 4.69) is 40.6 Å². The molecule has 3 heterocycles. The molecule has 152 valence electrons. The van der Waals surface area contributed by atoms with E-state index >= 15 is 0 Å². The average Bonchev–Trinajstić information content (AvgIpc) is 3.39. The van der Waals surface area contributed by atoms with Crippen LogP contribution in [-0.2, 0) is 9.53 Å². The number of pyridine rings is 1. The fourth-order valence-corrected chi connectivity index (χ4v) is 4.09. The van der Waals surface area contributed by atoms with E-state index in [1.807, 2.05) is 23.2 Å². The van der Waals surface area contributed by atoms with E-state index in [4.69, 9.17) is 4.74 Å². The molecule has 0 spiro atoms. The Labute approximate surface area is 167 Å². The summed E-state index contributed by atoms with van der Waals surface area (Å²) in [7, 11) is 1.71. The Bertz CT molecular complexity index is 759. The van der Waals surface area contributed by atoms with Crippen molar-refractivity contribution < 1.29 is 9.53 Å². The van der Waals surface area contributed by atoms with Crippen LogP contribution in [0, 0.1) is 0 Å². The number of ether oxygens (including phenoxy) is 1. The van der Waals surface area contributed by atoms with Gasteiger partial charge in [0.05, 0.1) is 30.1 Å². The zero-order valence-electron chi connectivity index (χ0n) is 17.3. The molecule has 0 aliphatic carbocycles. The molecule has 3 rings (SSSR count). The van der Waals surface area contributed by atoms with Crippen LogP contribution in [0.2, 0.25) is 0 Å². The van der Waals surface area contributed by atoms with E-state index in [0.29, 0.717) is 6.54 Å². The molecule has 2 aromatic heterocycles. The van der Waals surface area contributed by atoms with Crippen molar-refractivity contribution in [1.82, 2.24) is 24.8 Å². The lowest BCUT2D eigenvalue weighted by molar-refractivity contribution is -0.138. The fourth-order valence-electron chi connectivity index (χ4n) is 4.09. The number of rotatable bonds is 8. The maximum atomic E-state index is 13.4. The second-order valence-corrected chi connectivity index (χ2v) is 7.17. The minimum atomic E-state index is -0.110. The van der Waals surface area contributed by atoms with Gasteiger partial charge in [0, 0.05) is 38.0 Å². The molecule has 1 amide bonds. The molecule has 7 heteroatoms. The number of likely N-dealkylation sites (N-methyl/N-ethyl adjacent to an activating group) is 1. The number of likely N-dealkylation sites (tertiary alicyclic amines) is 1. The van der Waals surface area contributed by atoms with E-state index in [1.165, 1.54) is 0 Å². The van der Waals surface area contributed by atoms with Crippen molar-refractivity contribution in [1.29, 1.82) is 0 Å². The molecule has 0 saturated carbocycles. The maximum Gasteiger partial charge on any atom is 0.240 e. The Morgan fingerprint density at radius 3 is 2.75 bits per heavy atom. The number of aromatic amines is 1. The number of amides is 1. The fraction of sp³-hybridized carbons (Fsp3) is 0.571. The first-order valence-electron chi connectivity index (χ1n) is 10.1. The van der Waals surface area contributed by atoms with Gasteiger partial charge in [0.25, 0.3) is 0 Å². The van der Waals surface area contributed by atoms with Crippen LogP contribution >= 0.6 is 0 Å². The second kappa shape index (κ2) is 9.30. The van der Waals surface area contributed by atoms with Gasteiger partial charge in [-0.2, -0.15) is 0 Å². The molecule has 0 aromatic carbocycles. The number of carbonyl (C=O) groups excluding carboxylic acids is 1. The topological polar surface area (TPSA) is 74.4 Å². The van der Waals surface area contributed by atoms with E-state index in [9.17, 15) is 4.79 Å². The van der Waals surface area contributed by atoms with Crippen LogP contribution in [0.4, 0.5) is 0 Å². The van der Waals surface area contributed by atoms with Crippen molar-refractivity contribution in [3.05, 3.63) is 36.5 Å². The van der Waals surface area contributed by atoms with Gasteiger partial charge in [0.2, 0.25) is 5.91 Å². The first-order valence-corrected chi connectivity index (χ1v) is 10.1. The van der Waals surface area contributed by atoms with Gasteiger partial charge in [-0.3, -0.25) is 14.7 Å². The van der Waals surface area contributed by atoms with Gasteiger partial charge < -0.3 is 14.6 Å². The minimum Gasteiger partial charge on any atom is -0.380 e. The SMILES string of the molecule is CC[C@H](C(=O)N1C[C@H](OC)C[C@H]1c1ncc(-c2cccnc2)[nH]1)N(CC)CC. The van der Waals surface area contributed by atoms with E-state index < -0.39 is 0 Å². The molecule has 1 aliphatic heterocycles. The standard InChI is InChI=1S/C21H31N5O2/c1-5-18(25(6-2)7-3)21(27)26-14-16(28-4)11-19(26)20-23-13-17(24-20)15-9-8-10-22-12-15/h8-10,12-13,16,18-19H,5-7,11,14H2,1-4H3,(H,23,24)/t16-,18-,19+/m1/s1. The lowest BCUT2D eigenvalue weighted by Crippen LogP contribution is -2.48. The number of carbonyl (C=O) groups is 1. The lowest BCUT2D eigenvalue weighted by Gasteiger charge is -2.33. The van der Waals surface area contributed by atoms with Crippen molar-refractivity contribution in [3.8, 4) is 11.3 Å². The molecule has 3 atom stereocenters. The van der Waals surface area contributed by atoms with Crippen molar-refractivity contribution in [2.45, 2.75) is 51.8 Å². The lowest BCUT2D eigenvalue weighted by atomic mass is 10.1.